The van der Waals surface area contributed by atoms with Gasteiger partial charge in [0, 0.05) is 20.8 Å². The standard InChI is InChI=1S/C10H12N2O5S/c1-7(2)18(3,17)10-5-4-8(11(13)14)6-9(10)12(15)16/h4-7H,3H2,1-2H3. The van der Waals surface area contributed by atoms with E-state index >= 15 is 0 Å². The number of non-ortho nitro benzene ring substituents is 1. The molecule has 0 N–H and O–H groups in total. The quantitative estimate of drug-likeness (QED) is 0.473. The van der Waals surface area contributed by atoms with Gasteiger partial charge in [0.25, 0.3) is 11.4 Å². The van der Waals surface area contributed by atoms with E-state index in [4.69, 9.17) is 0 Å². The maximum absolute atomic E-state index is 12.3. The number of nitro benzene ring substituents is 2. The Bertz CT molecular complexity index is 607. The van der Waals surface area contributed by atoms with E-state index in [-0.39, 0.29) is 4.90 Å². The molecule has 0 aliphatic heterocycles. The van der Waals surface area contributed by atoms with E-state index in [1.54, 1.807) is 13.8 Å². The van der Waals surface area contributed by atoms with Gasteiger partial charge >= 0.3 is 0 Å². The van der Waals surface area contributed by atoms with E-state index in [1.165, 1.54) is 0 Å². The number of rotatable bonds is 4. The Labute approximate surface area is 104 Å². The molecule has 0 saturated heterocycles. The molecule has 1 aromatic carbocycles. The zero-order chi connectivity index (χ0) is 14.1. The minimum Gasteiger partial charge on any atom is -0.263 e. The van der Waals surface area contributed by atoms with E-state index in [0.717, 1.165) is 18.2 Å². The summed E-state index contributed by atoms with van der Waals surface area (Å²) in [6.45, 7) is 3.25. The Kier molecular flexibility index (Phi) is 3.70. The van der Waals surface area contributed by atoms with Crippen molar-refractivity contribution < 1.29 is 14.1 Å². The zero-order valence-corrected chi connectivity index (χ0v) is 10.7. The van der Waals surface area contributed by atoms with E-state index in [1.807, 2.05) is 0 Å². The van der Waals surface area contributed by atoms with Gasteiger partial charge in [-0.3, -0.25) is 24.4 Å². The summed E-state index contributed by atoms with van der Waals surface area (Å²) in [7, 11) is -2.86. The van der Waals surface area contributed by atoms with Crippen LogP contribution in [0.3, 0.4) is 0 Å². The number of nitrogens with zero attached hydrogens (tertiary/aromatic N) is 2. The highest BCUT2D eigenvalue weighted by molar-refractivity contribution is 8.01. The molecule has 0 saturated carbocycles. The van der Waals surface area contributed by atoms with Gasteiger partial charge < -0.3 is 0 Å². The van der Waals surface area contributed by atoms with Crippen molar-refractivity contribution in [1.29, 1.82) is 0 Å². The van der Waals surface area contributed by atoms with Gasteiger partial charge in [-0.15, -0.1) is 0 Å². The van der Waals surface area contributed by atoms with Gasteiger partial charge in [0.05, 0.1) is 15.9 Å². The van der Waals surface area contributed by atoms with Crippen LogP contribution in [0, 0.1) is 20.2 Å². The molecule has 98 valence electrons. The van der Waals surface area contributed by atoms with Crippen LogP contribution in [0.2, 0.25) is 0 Å². The first-order valence-electron chi connectivity index (χ1n) is 4.97. The third-order valence-corrected chi connectivity index (χ3v) is 5.10. The van der Waals surface area contributed by atoms with Gasteiger partial charge in [-0.05, 0) is 11.9 Å². The van der Waals surface area contributed by atoms with Crippen molar-refractivity contribution >= 4 is 26.8 Å². The molecule has 1 rings (SSSR count). The van der Waals surface area contributed by atoms with Crippen LogP contribution in [0.4, 0.5) is 11.4 Å². The topological polar surface area (TPSA) is 103 Å². The molecule has 1 aromatic rings. The van der Waals surface area contributed by atoms with Crippen molar-refractivity contribution in [3.63, 3.8) is 0 Å². The highest BCUT2D eigenvalue weighted by Gasteiger charge is 2.26. The molecule has 1 atom stereocenters. The summed E-state index contributed by atoms with van der Waals surface area (Å²) in [6.07, 6.45) is 0. The van der Waals surface area contributed by atoms with Crippen LogP contribution in [-0.4, -0.2) is 25.2 Å². The number of benzene rings is 1. The summed E-state index contributed by atoms with van der Waals surface area (Å²) in [6, 6.07) is 3.05. The molecule has 7 nitrogen and oxygen atoms in total. The smallest absolute Gasteiger partial charge is 0.263 e. The molecule has 0 amide bonds. The highest BCUT2D eigenvalue weighted by Crippen LogP contribution is 2.30. The summed E-state index contributed by atoms with van der Waals surface area (Å²) in [5, 5.41) is 21.1. The maximum atomic E-state index is 12.3. The van der Waals surface area contributed by atoms with Gasteiger partial charge in [-0.25, -0.2) is 0 Å². The van der Waals surface area contributed by atoms with Crippen molar-refractivity contribution in [1.82, 2.24) is 0 Å². The molecule has 1 unspecified atom stereocenters. The molecule has 0 aromatic heterocycles. The minimum absolute atomic E-state index is 0.0619. The fourth-order valence-electron chi connectivity index (χ4n) is 1.31. The molecule has 0 aliphatic rings. The number of hydrogen-bond acceptors (Lipinski definition) is 5. The average molecular weight is 272 g/mol. The lowest BCUT2D eigenvalue weighted by Gasteiger charge is -2.13. The van der Waals surface area contributed by atoms with Crippen molar-refractivity contribution in [2.45, 2.75) is 24.0 Å². The van der Waals surface area contributed by atoms with Crippen LogP contribution in [0.1, 0.15) is 13.8 Å². The molecule has 0 bridgehead atoms. The summed E-state index contributed by atoms with van der Waals surface area (Å²) >= 11 is 0. The Balaban J connectivity index is 3.57. The molecule has 0 fully saturated rings. The van der Waals surface area contributed by atoms with Gasteiger partial charge in [-0.1, -0.05) is 13.8 Å². The van der Waals surface area contributed by atoms with Crippen molar-refractivity contribution in [2.75, 3.05) is 0 Å². The van der Waals surface area contributed by atoms with Gasteiger partial charge in [0.2, 0.25) is 0 Å². The molecular weight excluding hydrogens is 260 g/mol. The fourth-order valence-corrected chi connectivity index (χ4v) is 2.60. The van der Waals surface area contributed by atoms with Crippen LogP contribution >= 0.6 is 0 Å². The predicted molar refractivity (Wildman–Crippen MR) is 68.4 cm³/mol. The largest absolute Gasteiger partial charge is 0.291 e. The van der Waals surface area contributed by atoms with Crippen molar-refractivity contribution in [3.8, 4) is 0 Å². The second-order valence-corrected chi connectivity index (χ2v) is 6.78. The lowest BCUT2D eigenvalue weighted by atomic mass is 10.3. The van der Waals surface area contributed by atoms with Gasteiger partial charge in [0.15, 0.2) is 0 Å². The van der Waals surface area contributed by atoms with Crippen molar-refractivity contribution in [2.24, 2.45) is 0 Å². The third-order valence-electron chi connectivity index (χ3n) is 2.48. The van der Waals surface area contributed by atoms with Gasteiger partial charge in [0.1, 0.15) is 4.90 Å². The summed E-state index contributed by atoms with van der Waals surface area (Å²) < 4.78 is 12.3. The van der Waals surface area contributed by atoms with Crippen LogP contribution in [0.25, 0.3) is 0 Å². The predicted octanol–water partition coefficient (Wildman–Crippen LogP) is 1.99. The van der Waals surface area contributed by atoms with E-state index in [9.17, 15) is 24.4 Å². The Morgan fingerprint density at radius 2 is 1.78 bits per heavy atom. The molecule has 0 radical (unpaired) electrons. The first-order valence-corrected chi connectivity index (χ1v) is 6.76. The Morgan fingerprint density at radius 1 is 1.22 bits per heavy atom. The molecular formula is C10H12N2O5S. The van der Waals surface area contributed by atoms with E-state index in [0.29, 0.717) is 0 Å². The molecule has 0 heterocycles. The fraction of sp³-hybridized carbons (Fsp3) is 0.300. The molecule has 0 aliphatic carbocycles. The first-order chi connectivity index (χ1) is 8.17. The summed E-state index contributed by atoms with van der Waals surface area (Å²) in [4.78, 5) is 19.9. The molecule has 0 spiro atoms. The lowest BCUT2D eigenvalue weighted by molar-refractivity contribution is -0.396. The molecule has 8 heteroatoms. The zero-order valence-electron chi connectivity index (χ0n) is 9.86. The second kappa shape index (κ2) is 4.73. The third kappa shape index (κ3) is 2.48. The van der Waals surface area contributed by atoms with E-state index < -0.39 is 36.0 Å². The lowest BCUT2D eigenvalue weighted by Crippen LogP contribution is -2.15. The summed E-state index contributed by atoms with van der Waals surface area (Å²) in [5.41, 5.74) is -0.942. The number of hydrogen-bond donors (Lipinski definition) is 0. The summed E-state index contributed by atoms with van der Waals surface area (Å²) in [5.74, 6) is 3.51. The monoisotopic (exact) mass is 272 g/mol. The van der Waals surface area contributed by atoms with Crippen LogP contribution in [0.5, 0.6) is 0 Å². The first kappa shape index (κ1) is 14.1. The second-order valence-electron chi connectivity index (χ2n) is 3.94. The normalized spacial score (nSPS) is 14.2. The number of nitro groups is 2. The van der Waals surface area contributed by atoms with Crippen LogP contribution in [-0.2, 0) is 9.52 Å². The van der Waals surface area contributed by atoms with Crippen LogP contribution < -0.4 is 0 Å². The SMILES string of the molecule is C=S(=O)(c1ccc([N+](=O)[O-])cc1[N+](=O)[O-])C(C)C. The Hall–Kier alpha value is -1.96. The highest BCUT2D eigenvalue weighted by atomic mass is 32.2. The van der Waals surface area contributed by atoms with Gasteiger partial charge in [-0.2, -0.15) is 0 Å². The average Bonchev–Trinajstić information content (AvgIpc) is 2.27. The Morgan fingerprint density at radius 3 is 2.17 bits per heavy atom. The minimum atomic E-state index is -2.86. The van der Waals surface area contributed by atoms with E-state index in [2.05, 4.69) is 5.87 Å². The molecule has 18 heavy (non-hydrogen) atoms. The van der Waals surface area contributed by atoms with Crippen LogP contribution in [0.15, 0.2) is 23.1 Å². The maximum Gasteiger partial charge on any atom is 0.291 e. The van der Waals surface area contributed by atoms with Crippen molar-refractivity contribution in [3.05, 3.63) is 38.4 Å².